The number of nitrogens with one attached hydrogen (secondary N) is 2. The van der Waals surface area contributed by atoms with Gasteiger partial charge in [-0.2, -0.15) is 0 Å². The monoisotopic (exact) mass is 403 g/mol. The third-order valence-electron chi connectivity index (χ3n) is 3.88. The van der Waals surface area contributed by atoms with Gasteiger partial charge in [0, 0.05) is 37.4 Å². The molecule has 0 saturated heterocycles. The van der Waals surface area contributed by atoms with Crippen LogP contribution in [0.25, 0.3) is 0 Å². The average molecular weight is 404 g/mol. The van der Waals surface area contributed by atoms with Gasteiger partial charge in [-0.3, -0.25) is 4.79 Å². The molecule has 28 heavy (non-hydrogen) atoms. The number of rotatable bonds is 9. The van der Waals surface area contributed by atoms with Crippen LogP contribution in [0.15, 0.2) is 50.8 Å². The van der Waals surface area contributed by atoms with Crippen molar-refractivity contribution in [1.82, 2.24) is 20.7 Å². The standard InChI is InChI=1S/C20H29N5O2S/c1-15(2)18-12-16(27-24-18)13-22-20(23-14-19(26)25(3)4)21-10-11-28-17-8-6-5-7-9-17/h5-9,12,15H,10-11,13-14H2,1-4H3,(H2,21,22,23). The number of likely N-dealkylation sites (N-methyl/N-ethyl adjacent to an activating group) is 1. The summed E-state index contributed by atoms with van der Waals surface area (Å²) in [6.45, 7) is 5.39. The molecule has 2 N–H and O–H groups in total. The zero-order valence-corrected chi connectivity index (χ0v) is 17.8. The predicted octanol–water partition coefficient (Wildman–Crippen LogP) is 2.71. The molecule has 1 amide bonds. The molecule has 1 aromatic carbocycles. The second-order valence-electron chi connectivity index (χ2n) is 6.77. The molecule has 0 aliphatic carbocycles. The van der Waals surface area contributed by atoms with Crippen molar-refractivity contribution in [2.45, 2.75) is 31.2 Å². The number of carbonyl (C=O) groups is 1. The van der Waals surface area contributed by atoms with E-state index in [-0.39, 0.29) is 12.5 Å². The summed E-state index contributed by atoms with van der Waals surface area (Å²) < 4.78 is 5.35. The maximum absolute atomic E-state index is 11.8. The fourth-order valence-corrected chi connectivity index (χ4v) is 2.96. The molecule has 0 bridgehead atoms. The minimum absolute atomic E-state index is 0.0541. The van der Waals surface area contributed by atoms with E-state index in [1.54, 1.807) is 25.9 Å². The van der Waals surface area contributed by atoms with Crippen LogP contribution in [0.5, 0.6) is 0 Å². The van der Waals surface area contributed by atoms with Gasteiger partial charge in [0.15, 0.2) is 11.7 Å². The first-order chi connectivity index (χ1) is 13.5. The Balaban J connectivity index is 1.88. The summed E-state index contributed by atoms with van der Waals surface area (Å²) in [6.07, 6.45) is 0. The van der Waals surface area contributed by atoms with Gasteiger partial charge in [0.2, 0.25) is 5.91 Å². The summed E-state index contributed by atoms with van der Waals surface area (Å²) in [6, 6.07) is 12.2. The molecule has 152 valence electrons. The first-order valence-electron chi connectivity index (χ1n) is 9.31. The van der Waals surface area contributed by atoms with Crippen LogP contribution < -0.4 is 10.6 Å². The lowest BCUT2D eigenvalue weighted by Crippen LogP contribution is -2.39. The minimum Gasteiger partial charge on any atom is -0.359 e. The Kier molecular flexibility index (Phi) is 8.87. The maximum atomic E-state index is 11.8. The van der Waals surface area contributed by atoms with E-state index in [1.165, 1.54) is 9.80 Å². The van der Waals surface area contributed by atoms with E-state index in [1.807, 2.05) is 24.3 Å². The molecule has 2 rings (SSSR count). The summed E-state index contributed by atoms with van der Waals surface area (Å²) >= 11 is 1.76. The highest BCUT2D eigenvalue weighted by molar-refractivity contribution is 7.99. The van der Waals surface area contributed by atoms with Crippen LogP contribution >= 0.6 is 11.8 Å². The molecule has 2 aromatic rings. The predicted molar refractivity (Wildman–Crippen MR) is 114 cm³/mol. The SMILES string of the molecule is CC(C)c1cc(CNC(=NCC(=O)N(C)C)NCCSc2ccccc2)on1. The van der Waals surface area contributed by atoms with E-state index in [4.69, 9.17) is 4.52 Å². The number of amides is 1. The van der Waals surface area contributed by atoms with Crippen LogP contribution in [0.1, 0.15) is 31.2 Å². The van der Waals surface area contributed by atoms with Crippen LogP contribution in [0.3, 0.4) is 0 Å². The van der Waals surface area contributed by atoms with Crippen molar-refractivity contribution in [3.05, 3.63) is 47.9 Å². The van der Waals surface area contributed by atoms with E-state index < -0.39 is 0 Å². The molecule has 0 fully saturated rings. The number of nitrogens with zero attached hydrogens (tertiary/aromatic N) is 3. The van der Waals surface area contributed by atoms with Crippen molar-refractivity contribution in [2.75, 3.05) is 32.9 Å². The summed E-state index contributed by atoms with van der Waals surface area (Å²) in [5.74, 6) is 2.45. The van der Waals surface area contributed by atoms with Gasteiger partial charge < -0.3 is 20.1 Å². The van der Waals surface area contributed by atoms with Crippen molar-refractivity contribution in [3.8, 4) is 0 Å². The Bertz CT molecular complexity index is 759. The zero-order valence-electron chi connectivity index (χ0n) is 16.9. The first-order valence-corrected chi connectivity index (χ1v) is 10.3. The number of guanidine groups is 1. The fraction of sp³-hybridized carbons (Fsp3) is 0.450. The highest BCUT2D eigenvalue weighted by Crippen LogP contribution is 2.16. The molecule has 0 aliphatic heterocycles. The molecule has 1 aromatic heterocycles. The second kappa shape index (κ2) is 11.4. The summed E-state index contributed by atoms with van der Waals surface area (Å²) in [5.41, 5.74) is 0.922. The quantitative estimate of drug-likeness (QED) is 0.290. The lowest BCUT2D eigenvalue weighted by atomic mass is 10.1. The van der Waals surface area contributed by atoms with Crippen LogP contribution in [0.2, 0.25) is 0 Å². The van der Waals surface area contributed by atoms with Crippen LogP contribution in [-0.4, -0.2) is 54.9 Å². The van der Waals surface area contributed by atoms with Gasteiger partial charge in [-0.15, -0.1) is 11.8 Å². The molecule has 1 heterocycles. The summed E-state index contributed by atoms with van der Waals surface area (Å²) in [5, 5.41) is 10.5. The minimum atomic E-state index is -0.0541. The van der Waals surface area contributed by atoms with Gasteiger partial charge >= 0.3 is 0 Å². The van der Waals surface area contributed by atoms with E-state index in [0.717, 1.165) is 23.8 Å². The smallest absolute Gasteiger partial charge is 0.243 e. The van der Waals surface area contributed by atoms with Gasteiger partial charge in [0.25, 0.3) is 0 Å². The molecular formula is C20H29N5O2S. The Hall–Kier alpha value is -2.48. The molecular weight excluding hydrogens is 374 g/mol. The molecule has 0 radical (unpaired) electrons. The Labute approximate surface area is 171 Å². The lowest BCUT2D eigenvalue weighted by Gasteiger charge is -2.13. The largest absolute Gasteiger partial charge is 0.359 e. The third-order valence-corrected chi connectivity index (χ3v) is 4.89. The molecule has 7 nitrogen and oxygen atoms in total. The number of aliphatic imine (C=N–C) groups is 1. The van der Waals surface area contributed by atoms with E-state index in [0.29, 0.717) is 18.4 Å². The van der Waals surface area contributed by atoms with Crippen molar-refractivity contribution in [2.24, 2.45) is 4.99 Å². The van der Waals surface area contributed by atoms with Crippen molar-refractivity contribution in [3.63, 3.8) is 0 Å². The number of aromatic nitrogens is 1. The van der Waals surface area contributed by atoms with Gasteiger partial charge in [-0.1, -0.05) is 37.2 Å². The molecule has 8 heteroatoms. The van der Waals surface area contributed by atoms with Gasteiger partial charge in [0.1, 0.15) is 6.54 Å². The Morgan fingerprint density at radius 3 is 2.64 bits per heavy atom. The normalized spacial score (nSPS) is 11.5. The number of benzene rings is 1. The molecule has 0 saturated carbocycles. The number of thioether (sulfide) groups is 1. The number of hydrogen-bond acceptors (Lipinski definition) is 5. The van der Waals surface area contributed by atoms with Crippen molar-refractivity contribution >= 4 is 23.6 Å². The Morgan fingerprint density at radius 1 is 1.25 bits per heavy atom. The van der Waals surface area contributed by atoms with Crippen LogP contribution in [0.4, 0.5) is 0 Å². The fourth-order valence-electron chi connectivity index (χ4n) is 2.17. The van der Waals surface area contributed by atoms with E-state index in [2.05, 4.69) is 46.8 Å². The highest BCUT2D eigenvalue weighted by atomic mass is 32.2. The Morgan fingerprint density at radius 2 is 2.00 bits per heavy atom. The van der Waals surface area contributed by atoms with Crippen molar-refractivity contribution < 1.29 is 9.32 Å². The van der Waals surface area contributed by atoms with Gasteiger partial charge in [-0.05, 0) is 18.1 Å². The topological polar surface area (TPSA) is 82.8 Å². The summed E-state index contributed by atoms with van der Waals surface area (Å²) in [4.78, 5) is 19.0. The average Bonchev–Trinajstić information content (AvgIpc) is 3.16. The zero-order chi connectivity index (χ0) is 20.4. The number of hydrogen-bond donors (Lipinski definition) is 2. The molecule has 0 spiro atoms. The highest BCUT2D eigenvalue weighted by Gasteiger charge is 2.09. The van der Waals surface area contributed by atoms with E-state index >= 15 is 0 Å². The third kappa shape index (κ3) is 7.64. The van der Waals surface area contributed by atoms with Gasteiger partial charge in [0.05, 0.1) is 12.2 Å². The lowest BCUT2D eigenvalue weighted by molar-refractivity contribution is -0.127. The second-order valence-corrected chi connectivity index (χ2v) is 7.94. The van der Waals surface area contributed by atoms with Crippen LogP contribution in [-0.2, 0) is 11.3 Å². The molecule has 0 unspecified atom stereocenters. The van der Waals surface area contributed by atoms with Crippen molar-refractivity contribution in [1.29, 1.82) is 0 Å². The molecule has 0 aliphatic rings. The van der Waals surface area contributed by atoms with Crippen LogP contribution in [0, 0.1) is 0 Å². The maximum Gasteiger partial charge on any atom is 0.243 e. The summed E-state index contributed by atoms with van der Waals surface area (Å²) in [7, 11) is 3.44. The first kappa shape index (κ1) is 21.8. The molecule has 0 atom stereocenters. The number of carbonyl (C=O) groups excluding carboxylic acids is 1. The van der Waals surface area contributed by atoms with Gasteiger partial charge in [-0.25, -0.2) is 4.99 Å². The van der Waals surface area contributed by atoms with E-state index in [9.17, 15) is 4.79 Å².